The van der Waals surface area contributed by atoms with Crippen molar-refractivity contribution in [2.24, 2.45) is 5.90 Å². The van der Waals surface area contributed by atoms with E-state index in [0.29, 0.717) is 0 Å². The first-order valence-electron chi connectivity index (χ1n) is 4.13. The number of nitrogens with two attached hydrogens (primary N) is 1. The third-order valence-electron chi connectivity index (χ3n) is 1.89. The maximum atomic E-state index is 13.5. The van der Waals surface area contributed by atoms with Crippen LogP contribution in [0.15, 0.2) is 6.07 Å². The molecule has 1 aromatic carbocycles. The second-order valence-corrected chi connectivity index (χ2v) is 3.19. The van der Waals surface area contributed by atoms with E-state index in [9.17, 15) is 8.78 Å². The van der Waals surface area contributed by atoms with Crippen molar-refractivity contribution >= 4 is 11.6 Å². The molecule has 0 saturated carbocycles. The Bertz CT molecular complexity index is 360. The van der Waals surface area contributed by atoms with Gasteiger partial charge >= 0.3 is 0 Å². The van der Waals surface area contributed by atoms with Crippen molar-refractivity contribution in [3.8, 4) is 5.75 Å². The molecule has 0 saturated heterocycles. The summed E-state index contributed by atoms with van der Waals surface area (Å²) in [6, 6.07) is 0.864. The summed E-state index contributed by atoms with van der Waals surface area (Å²) in [5.74, 6) is 3.20. The van der Waals surface area contributed by atoms with Gasteiger partial charge in [-0.3, -0.25) is 0 Å². The summed E-state index contributed by atoms with van der Waals surface area (Å²) in [7, 11) is 1.25. The lowest BCUT2D eigenvalue weighted by molar-refractivity contribution is 0.140. The van der Waals surface area contributed by atoms with E-state index < -0.39 is 11.6 Å². The molecule has 0 aromatic heterocycles. The van der Waals surface area contributed by atoms with Crippen molar-refractivity contribution in [3.05, 3.63) is 28.3 Å². The highest BCUT2D eigenvalue weighted by Crippen LogP contribution is 2.30. The van der Waals surface area contributed by atoms with E-state index in [1.165, 1.54) is 7.11 Å². The van der Waals surface area contributed by atoms with Gasteiger partial charge in [0, 0.05) is 12.0 Å². The van der Waals surface area contributed by atoms with Gasteiger partial charge < -0.3 is 9.57 Å². The minimum atomic E-state index is -0.716. The molecule has 0 unspecified atom stereocenters. The number of hydrogen-bond acceptors (Lipinski definition) is 3. The van der Waals surface area contributed by atoms with Crippen molar-refractivity contribution in [2.75, 3.05) is 13.7 Å². The molecule has 0 aliphatic carbocycles. The lowest BCUT2D eigenvalue weighted by Gasteiger charge is -2.11. The highest BCUT2D eigenvalue weighted by molar-refractivity contribution is 6.30. The van der Waals surface area contributed by atoms with Crippen LogP contribution >= 0.6 is 11.6 Å². The van der Waals surface area contributed by atoms with E-state index in [4.69, 9.17) is 22.2 Å². The predicted molar refractivity (Wildman–Crippen MR) is 51.8 cm³/mol. The first-order valence-corrected chi connectivity index (χ1v) is 4.51. The molecule has 0 aliphatic heterocycles. The van der Waals surface area contributed by atoms with Gasteiger partial charge in [0.05, 0.1) is 18.7 Å². The second kappa shape index (κ2) is 5.25. The van der Waals surface area contributed by atoms with Crippen molar-refractivity contribution < 1.29 is 18.4 Å². The molecule has 6 heteroatoms. The first-order chi connectivity index (χ1) is 7.11. The van der Waals surface area contributed by atoms with Gasteiger partial charge in [0.2, 0.25) is 0 Å². The van der Waals surface area contributed by atoms with E-state index in [1.54, 1.807) is 0 Å². The van der Waals surface area contributed by atoms with Crippen LogP contribution in [0.3, 0.4) is 0 Å². The predicted octanol–water partition coefficient (Wildman–Crippen LogP) is 2.06. The summed E-state index contributed by atoms with van der Waals surface area (Å²) in [4.78, 5) is 4.29. The molecule has 3 nitrogen and oxygen atoms in total. The Morgan fingerprint density at radius 1 is 1.47 bits per heavy atom. The van der Waals surface area contributed by atoms with Gasteiger partial charge in [-0.15, -0.1) is 0 Å². The number of benzene rings is 1. The lowest BCUT2D eigenvalue weighted by atomic mass is 10.1. The van der Waals surface area contributed by atoms with Crippen LogP contribution in [0.2, 0.25) is 5.02 Å². The Kier molecular flexibility index (Phi) is 4.26. The van der Waals surface area contributed by atoms with Crippen LogP contribution in [-0.4, -0.2) is 13.7 Å². The van der Waals surface area contributed by atoms with Crippen LogP contribution in [0.5, 0.6) is 5.75 Å². The number of hydrogen-bond donors (Lipinski definition) is 1. The molecule has 1 rings (SSSR count). The van der Waals surface area contributed by atoms with Gasteiger partial charge in [-0.05, 0) is 6.07 Å². The highest BCUT2D eigenvalue weighted by Gasteiger charge is 2.18. The number of methoxy groups -OCH3 is 1. The van der Waals surface area contributed by atoms with Crippen molar-refractivity contribution in [1.82, 2.24) is 0 Å². The molecule has 0 bridgehead atoms. The van der Waals surface area contributed by atoms with Crippen LogP contribution in [0, 0.1) is 11.6 Å². The zero-order valence-corrected chi connectivity index (χ0v) is 8.78. The average molecular weight is 238 g/mol. The van der Waals surface area contributed by atoms with E-state index in [1.807, 2.05) is 0 Å². The third kappa shape index (κ3) is 2.56. The van der Waals surface area contributed by atoms with Crippen LogP contribution in [0.25, 0.3) is 0 Å². The number of ether oxygens (including phenoxy) is 1. The molecule has 0 heterocycles. The SMILES string of the molecule is COc1c(F)cc(Cl)c(F)c1CCON. The number of halogens is 3. The second-order valence-electron chi connectivity index (χ2n) is 2.79. The molecule has 2 N–H and O–H groups in total. The molecule has 0 aliphatic rings. The van der Waals surface area contributed by atoms with Crippen LogP contribution in [-0.2, 0) is 11.3 Å². The largest absolute Gasteiger partial charge is 0.493 e. The maximum absolute atomic E-state index is 13.5. The molecule has 0 radical (unpaired) electrons. The zero-order chi connectivity index (χ0) is 11.4. The third-order valence-corrected chi connectivity index (χ3v) is 2.17. The zero-order valence-electron chi connectivity index (χ0n) is 8.02. The molecule has 84 valence electrons. The average Bonchev–Trinajstić information content (AvgIpc) is 2.21. The summed E-state index contributed by atoms with van der Waals surface area (Å²) >= 11 is 5.48. The molecule has 1 aromatic rings. The van der Waals surface area contributed by atoms with E-state index >= 15 is 0 Å². The highest BCUT2D eigenvalue weighted by atomic mass is 35.5. The molecule has 0 atom stereocenters. The Balaban J connectivity index is 3.18. The van der Waals surface area contributed by atoms with Crippen LogP contribution in [0.1, 0.15) is 5.56 Å². The summed E-state index contributed by atoms with van der Waals surface area (Å²) in [5.41, 5.74) is 0.0213. The van der Waals surface area contributed by atoms with Gasteiger partial charge in [-0.25, -0.2) is 14.7 Å². The van der Waals surface area contributed by atoms with E-state index in [-0.39, 0.29) is 29.4 Å². The quantitative estimate of drug-likeness (QED) is 0.644. The molecule has 0 amide bonds. The molecule has 0 spiro atoms. The van der Waals surface area contributed by atoms with Crippen molar-refractivity contribution in [1.29, 1.82) is 0 Å². The molecular weight excluding hydrogens is 228 g/mol. The maximum Gasteiger partial charge on any atom is 0.167 e. The minimum absolute atomic E-state index is 0.0213. The van der Waals surface area contributed by atoms with Gasteiger partial charge in [-0.2, -0.15) is 0 Å². The van der Waals surface area contributed by atoms with Gasteiger partial charge in [0.1, 0.15) is 5.82 Å². The Morgan fingerprint density at radius 3 is 2.67 bits per heavy atom. The summed E-state index contributed by atoms with van der Waals surface area (Å²) in [6.45, 7) is 0.0487. The summed E-state index contributed by atoms with van der Waals surface area (Å²) in [6.07, 6.45) is 0.0863. The van der Waals surface area contributed by atoms with Gasteiger partial charge in [0.25, 0.3) is 0 Å². The fraction of sp³-hybridized carbons (Fsp3) is 0.333. The Hall–Kier alpha value is -0.910. The lowest BCUT2D eigenvalue weighted by Crippen LogP contribution is -2.07. The number of rotatable bonds is 4. The van der Waals surface area contributed by atoms with Crippen LogP contribution < -0.4 is 10.6 Å². The van der Waals surface area contributed by atoms with Crippen LogP contribution in [0.4, 0.5) is 8.78 Å². The first kappa shape index (κ1) is 12.2. The summed E-state index contributed by atoms with van der Waals surface area (Å²) in [5, 5.41) is -0.291. The monoisotopic (exact) mass is 237 g/mol. The minimum Gasteiger partial charge on any atom is -0.493 e. The smallest absolute Gasteiger partial charge is 0.167 e. The van der Waals surface area contributed by atoms with Gasteiger partial charge in [-0.1, -0.05) is 11.6 Å². The fourth-order valence-electron chi connectivity index (χ4n) is 1.23. The standard InChI is InChI=1S/C9H10ClF2NO2/c1-14-9-5(2-3-15-13)8(12)6(10)4-7(9)11/h4H,2-3,13H2,1H3. The Morgan fingerprint density at radius 2 is 2.13 bits per heavy atom. The molecule has 15 heavy (non-hydrogen) atoms. The molecule has 0 fully saturated rings. The topological polar surface area (TPSA) is 44.5 Å². The fourth-order valence-corrected chi connectivity index (χ4v) is 1.44. The summed E-state index contributed by atoms with van der Waals surface area (Å²) < 4.78 is 31.5. The van der Waals surface area contributed by atoms with E-state index in [0.717, 1.165) is 6.07 Å². The van der Waals surface area contributed by atoms with E-state index in [2.05, 4.69) is 4.84 Å². The van der Waals surface area contributed by atoms with Crippen molar-refractivity contribution in [2.45, 2.75) is 6.42 Å². The van der Waals surface area contributed by atoms with Crippen molar-refractivity contribution in [3.63, 3.8) is 0 Å². The molecular formula is C9H10ClF2NO2. The van der Waals surface area contributed by atoms with Gasteiger partial charge in [0.15, 0.2) is 11.6 Å². The Labute approximate surface area is 90.7 Å². The normalized spacial score (nSPS) is 10.5.